The van der Waals surface area contributed by atoms with E-state index < -0.39 is 6.03 Å². The Labute approximate surface area is 174 Å². The van der Waals surface area contributed by atoms with Gasteiger partial charge in [0.15, 0.2) is 0 Å². The van der Waals surface area contributed by atoms with Crippen LogP contribution in [-0.2, 0) is 0 Å². The predicted molar refractivity (Wildman–Crippen MR) is 122 cm³/mol. The van der Waals surface area contributed by atoms with Crippen LogP contribution in [-0.4, -0.2) is 36.2 Å². The molecule has 0 unspecified atom stereocenters. The van der Waals surface area contributed by atoms with Crippen molar-refractivity contribution >= 4 is 17.7 Å². The van der Waals surface area contributed by atoms with Crippen LogP contribution >= 0.6 is 0 Å². The third-order valence-electron chi connectivity index (χ3n) is 4.34. The third kappa shape index (κ3) is 8.64. The standard InChI is InChI=1S/C22H34N6O/c1-7-9-18-14-19(23)10-11-20(18)26-21(28(6)16(3)4)27-22(29)25-13-12-24-15-17(5)8-2/h8,11-14,23-24H,3,7,9-10,15H2,1-2,4-6H3,(H2,25,26,27,29)/b13-12+,17-8-,23-19?. The highest BCUT2D eigenvalue weighted by atomic mass is 16.2. The smallest absolute Gasteiger partial charge is 0.325 e. The van der Waals surface area contributed by atoms with Crippen LogP contribution in [0.5, 0.6) is 0 Å². The number of amides is 2. The Balaban J connectivity index is 2.88. The first-order valence-electron chi connectivity index (χ1n) is 9.82. The molecule has 1 aliphatic rings. The Bertz CT molecular complexity index is 770. The van der Waals surface area contributed by atoms with E-state index in [1.54, 1.807) is 24.3 Å². The maximum Gasteiger partial charge on any atom is 0.325 e. The van der Waals surface area contributed by atoms with E-state index in [1.807, 2.05) is 39.0 Å². The lowest BCUT2D eigenvalue weighted by Crippen LogP contribution is -2.44. The number of hydrogen-bond donors (Lipinski definition) is 4. The molecule has 0 fully saturated rings. The van der Waals surface area contributed by atoms with Crippen molar-refractivity contribution in [1.82, 2.24) is 20.9 Å². The van der Waals surface area contributed by atoms with E-state index in [-0.39, 0.29) is 0 Å². The third-order valence-corrected chi connectivity index (χ3v) is 4.34. The monoisotopic (exact) mass is 398 g/mol. The average molecular weight is 399 g/mol. The zero-order valence-electron chi connectivity index (χ0n) is 18.2. The van der Waals surface area contributed by atoms with Crippen LogP contribution < -0.4 is 16.0 Å². The highest BCUT2D eigenvalue weighted by molar-refractivity contribution is 5.99. The lowest BCUT2D eigenvalue weighted by Gasteiger charge is -2.23. The molecule has 0 radical (unpaired) electrons. The van der Waals surface area contributed by atoms with E-state index >= 15 is 0 Å². The van der Waals surface area contributed by atoms with Crippen LogP contribution in [0.2, 0.25) is 0 Å². The molecular weight excluding hydrogens is 364 g/mol. The SMILES string of the molecule is C=C(C)N(C)C(=NC1=CCC(=N)C=C1CCC)NC(=O)N/C=C/NC/C(C)=C\C. The maximum atomic E-state index is 12.3. The van der Waals surface area contributed by atoms with Gasteiger partial charge in [0.25, 0.3) is 0 Å². The molecule has 7 nitrogen and oxygen atoms in total. The summed E-state index contributed by atoms with van der Waals surface area (Å²) in [6, 6.07) is -0.400. The number of allylic oxidation sites excluding steroid dienone is 5. The van der Waals surface area contributed by atoms with Crippen molar-refractivity contribution in [2.45, 2.75) is 47.0 Å². The van der Waals surface area contributed by atoms with E-state index in [0.717, 1.165) is 36.4 Å². The molecule has 0 heterocycles. The van der Waals surface area contributed by atoms with E-state index in [4.69, 9.17) is 5.41 Å². The van der Waals surface area contributed by atoms with Crippen molar-refractivity contribution in [1.29, 1.82) is 5.41 Å². The van der Waals surface area contributed by atoms with Crippen molar-refractivity contribution in [2.75, 3.05) is 13.6 Å². The van der Waals surface area contributed by atoms with Crippen LogP contribution in [0.3, 0.4) is 0 Å². The minimum Gasteiger partial charge on any atom is -0.386 e. The van der Waals surface area contributed by atoms with Gasteiger partial charge in [-0.25, -0.2) is 9.79 Å². The molecule has 0 saturated heterocycles. The van der Waals surface area contributed by atoms with Crippen LogP contribution in [0.4, 0.5) is 4.79 Å². The number of guanidine groups is 1. The predicted octanol–water partition coefficient (Wildman–Crippen LogP) is 4.17. The molecule has 29 heavy (non-hydrogen) atoms. The molecule has 0 bridgehead atoms. The zero-order valence-corrected chi connectivity index (χ0v) is 18.2. The van der Waals surface area contributed by atoms with Crippen molar-refractivity contribution in [3.05, 3.63) is 59.7 Å². The molecule has 0 aromatic carbocycles. The quantitative estimate of drug-likeness (QED) is 0.281. The van der Waals surface area contributed by atoms with Gasteiger partial charge >= 0.3 is 6.03 Å². The van der Waals surface area contributed by atoms with Crippen LogP contribution in [0.25, 0.3) is 0 Å². The number of urea groups is 1. The number of hydrogen-bond acceptors (Lipinski definition) is 4. The Morgan fingerprint density at radius 2 is 2.10 bits per heavy atom. The molecule has 158 valence electrons. The summed E-state index contributed by atoms with van der Waals surface area (Å²) in [5, 5.41) is 16.4. The van der Waals surface area contributed by atoms with Crippen LogP contribution in [0.15, 0.2) is 64.7 Å². The van der Waals surface area contributed by atoms with Gasteiger partial charge in [-0.3, -0.25) is 5.32 Å². The molecule has 0 aliphatic heterocycles. The first-order chi connectivity index (χ1) is 13.8. The van der Waals surface area contributed by atoms with Gasteiger partial charge in [-0.15, -0.1) is 0 Å². The second-order valence-corrected chi connectivity index (χ2v) is 6.92. The topological polar surface area (TPSA) is 92.6 Å². The van der Waals surface area contributed by atoms with Gasteiger partial charge in [0.2, 0.25) is 5.96 Å². The molecule has 0 spiro atoms. The van der Waals surface area contributed by atoms with Gasteiger partial charge in [-0.2, -0.15) is 0 Å². The van der Waals surface area contributed by atoms with Gasteiger partial charge < -0.3 is 20.9 Å². The van der Waals surface area contributed by atoms with Crippen molar-refractivity contribution in [3.8, 4) is 0 Å². The summed E-state index contributed by atoms with van der Waals surface area (Å²) in [4.78, 5) is 18.7. The number of nitrogens with one attached hydrogen (secondary N) is 4. The first-order valence-corrected chi connectivity index (χ1v) is 9.82. The Hall–Kier alpha value is -3.09. The lowest BCUT2D eigenvalue weighted by atomic mass is 9.98. The summed E-state index contributed by atoms with van der Waals surface area (Å²) in [5.74, 6) is 0.378. The fraction of sp³-hybridized carbons (Fsp3) is 0.409. The number of carbonyl (C=O) groups is 1. The zero-order chi connectivity index (χ0) is 21.8. The largest absolute Gasteiger partial charge is 0.386 e. The molecule has 0 aromatic heterocycles. The summed E-state index contributed by atoms with van der Waals surface area (Å²) < 4.78 is 0. The molecule has 2 amide bonds. The lowest BCUT2D eigenvalue weighted by molar-refractivity contribution is 0.247. The fourth-order valence-electron chi connectivity index (χ4n) is 2.39. The second-order valence-electron chi connectivity index (χ2n) is 6.92. The molecule has 0 aromatic rings. The maximum absolute atomic E-state index is 12.3. The van der Waals surface area contributed by atoms with Gasteiger partial charge in [0.1, 0.15) is 0 Å². The highest BCUT2D eigenvalue weighted by Gasteiger charge is 2.15. The second kappa shape index (κ2) is 12.4. The number of nitrogens with zero attached hydrogens (tertiary/aromatic N) is 2. The normalized spacial score (nSPS) is 15.0. The summed E-state index contributed by atoms with van der Waals surface area (Å²) in [6.45, 7) is 12.6. The van der Waals surface area contributed by atoms with Crippen LogP contribution in [0.1, 0.15) is 47.0 Å². The minimum absolute atomic E-state index is 0.378. The minimum atomic E-state index is -0.400. The number of rotatable bonds is 8. The van der Waals surface area contributed by atoms with E-state index in [2.05, 4.69) is 34.4 Å². The Kier molecular flexibility index (Phi) is 10.2. The summed E-state index contributed by atoms with van der Waals surface area (Å²) in [6.07, 6.45) is 11.4. The molecular formula is C22H34N6O. The molecule has 7 heteroatoms. The van der Waals surface area contributed by atoms with Crippen molar-refractivity contribution in [2.24, 2.45) is 4.99 Å². The van der Waals surface area contributed by atoms with E-state index in [9.17, 15) is 4.79 Å². The van der Waals surface area contributed by atoms with Gasteiger partial charge in [-0.1, -0.05) is 37.6 Å². The fourth-order valence-corrected chi connectivity index (χ4v) is 2.39. The summed E-state index contributed by atoms with van der Waals surface area (Å²) in [7, 11) is 1.80. The summed E-state index contributed by atoms with van der Waals surface area (Å²) >= 11 is 0. The Morgan fingerprint density at radius 3 is 2.72 bits per heavy atom. The number of carbonyl (C=O) groups excluding carboxylic acids is 1. The van der Waals surface area contributed by atoms with Crippen molar-refractivity contribution in [3.63, 3.8) is 0 Å². The van der Waals surface area contributed by atoms with Gasteiger partial charge in [-0.05, 0) is 38.8 Å². The highest BCUT2D eigenvalue weighted by Crippen LogP contribution is 2.23. The molecule has 0 saturated carbocycles. The average Bonchev–Trinajstić information content (AvgIpc) is 2.68. The number of aliphatic imine (C=N–C) groups is 1. The molecule has 1 rings (SSSR count). The van der Waals surface area contributed by atoms with E-state index in [1.165, 1.54) is 5.57 Å². The van der Waals surface area contributed by atoms with Crippen molar-refractivity contribution < 1.29 is 4.79 Å². The molecule has 0 atom stereocenters. The Morgan fingerprint density at radius 1 is 1.38 bits per heavy atom. The molecule has 1 aliphatic carbocycles. The van der Waals surface area contributed by atoms with E-state index in [0.29, 0.717) is 18.1 Å². The molecule has 4 N–H and O–H groups in total. The van der Waals surface area contributed by atoms with Crippen LogP contribution in [0, 0.1) is 5.41 Å². The summed E-state index contributed by atoms with van der Waals surface area (Å²) in [5.41, 5.74) is 4.31. The van der Waals surface area contributed by atoms with Gasteiger partial charge in [0.05, 0.1) is 5.70 Å². The van der Waals surface area contributed by atoms with Gasteiger partial charge in [0, 0.05) is 43.8 Å². The first kappa shape index (κ1) is 23.9.